The summed E-state index contributed by atoms with van der Waals surface area (Å²) in [6, 6.07) is 0. The fourth-order valence-corrected chi connectivity index (χ4v) is 3.72. The predicted octanol–water partition coefficient (Wildman–Crippen LogP) is 4.02. The highest BCUT2D eigenvalue weighted by atomic mass is 17.2. The molecule has 25 heavy (non-hydrogen) atoms. The number of hydrogen-bond donors (Lipinski definition) is 2. The molecule has 0 unspecified atom stereocenters. The van der Waals surface area contributed by atoms with Gasteiger partial charge in [0, 0.05) is 24.7 Å². The van der Waals surface area contributed by atoms with Crippen LogP contribution in [0, 0.1) is 11.8 Å². The number of fused-ring (bicyclic) bond motifs is 2. The van der Waals surface area contributed by atoms with Gasteiger partial charge in [0.1, 0.15) is 6.10 Å². The minimum atomic E-state index is -0.741. The minimum Gasteiger partial charge on any atom is -0.481 e. The zero-order valence-electron chi connectivity index (χ0n) is 15.2. The first-order chi connectivity index (χ1) is 12.1. The fraction of sp³-hybridized carbons (Fsp3) is 0.750. The van der Waals surface area contributed by atoms with Crippen molar-refractivity contribution >= 4 is 5.97 Å². The third kappa shape index (κ3) is 6.57. The number of allylic oxidation sites excluding steroid dienone is 2. The van der Waals surface area contributed by atoms with E-state index >= 15 is 0 Å². The van der Waals surface area contributed by atoms with E-state index in [-0.39, 0.29) is 30.7 Å². The first-order valence-electron chi connectivity index (χ1n) is 9.67. The zero-order valence-corrected chi connectivity index (χ0v) is 15.2. The van der Waals surface area contributed by atoms with E-state index in [4.69, 9.17) is 14.9 Å². The average molecular weight is 352 g/mol. The van der Waals surface area contributed by atoms with Crippen LogP contribution in [0.4, 0.5) is 0 Å². The van der Waals surface area contributed by atoms with Gasteiger partial charge in [-0.1, -0.05) is 50.5 Å². The van der Waals surface area contributed by atoms with Gasteiger partial charge < -0.3 is 10.2 Å². The molecule has 2 bridgehead atoms. The van der Waals surface area contributed by atoms with Gasteiger partial charge in [-0.25, -0.2) is 9.78 Å². The van der Waals surface area contributed by atoms with Crippen molar-refractivity contribution in [2.75, 3.05) is 0 Å². The van der Waals surface area contributed by atoms with E-state index in [1.54, 1.807) is 0 Å². The van der Waals surface area contributed by atoms with Crippen LogP contribution in [0.3, 0.4) is 0 Å². The smallest absolute Gasteiger partial charge is 0.303 e. The lowest BCUT2D eigenvalue weighted by atomic mass is 9.89. The molecule has 1 aliphatic carbocycles. The van der Waals surface area contributed by atoms with Crippen LogP contribution in [0.5, 0.6) is 0 Å². The van der Waals surface area contributed by atoms with Crippen molar-refractivity contribution in [3.63, 3.8) is 0 Å². The first kappa shape index (κ1) is 20.1. The van der Waals surface area contributed by atoms with Gasteiger partial charge in [0.2, 0.25) is 0 Å². The van der Waals surface area contributed by atoms with Gasteiger partial charge in [-0.15, -0.1) is 0 Å². The van der Waals surface area contributed by atoms with Gasteiger partial charge >= 0.3 is 5.97 Å². The number of unbranched alkanes of at least 4 members (excludes halogenated alkanes) is 3. The Morgan fingerprint density at radius 1 is 1.20 bits per heavy atom. The maximum atomic E-state index is 10.5. The van der Waals surface area contributed by atoms with Crippen LogP contribution in [0.2, 0.25) is 0 Å². The summed E-state index contributed by atoms with van der Waals surface area (Å²) < 4.78 is 0. The van der Waals surface area contributed by atoms with Crippen molar-refractivity contribution in [1.29, 1.82) is 0 Å². The van der Waals surface area contributed by atoms with E-state index in [1.807, 2.05) is 6.08 Å². The molecule has 5 atom stereocenters. The van der Waals surface area contributed by atoms with E-state index < -0.39 is 5.97 Å². The number of aliphatic hydroxyl groups is 1. The highest BCUT2D eigenvalue weighted by Gasteiger charge is 2.49. The SMILES string of the molecule is CCCCC[C@@H](O)C=C[C@@H]1[C@@H](CC=CCCCC(=O)O)[C@@H]2C[C@H]1OO2. The average Bonchev–Trinajstić information content (AvgIpc) is 3.17. The lowest BCUT2D eigenvalue weighted by molar-refractivity contribution is -0.336. The maximum Gasteiger partial charge on any atom is 0.303 e. The Balaban J connectivity index is 1.78. The summed E-state index contributed by atoms with van der Waals surface area (Å²) in [5.74, 6) is -0.0912. The molecule has 0 aromatic carbocycles. The molecule has 5 heteroatoms. The number of carboxylic acids is 1. The second-order valence-corrected chi connectivity index (χ2v) is 7.19. The molecule has 2 fully saturated rings. The summed E-state index contributed by atoms with van der Waals surface area (Å²) in [7, 11) is 0. The standard InChI is InChI=1S/C20H32O5/c1-2-3-6-9-15(21)12-13-17-16(18-14-19(17)25-24-18)10-7-4-5-8-11-20(22)23/h4,7,12-13,15-19,21H,2-3,5-6,8-11,14H2,1H3,(H,22,23)/t15-,16-,17-,18+,19-/m1/s1. The predicted molar refractivity (Wildman–Crippen MR) is 95.9 cm³/mol. The summed E-state index contributed by atoms with van der Waals surface area (Å²) in [6.45, 7) is 2.16. The van der Waals surface area contributed by atoms with Crippen LogP contribution < -0.4 is 0 Å². The van der Waals surface area contributed by atoms with Crippen molar-refractivity contribution in [1.82, 2.24) is 0 Å². The third-order valence-corrected chi connectivity index (χ3v) is 5.16. The number of rotatable bonds is 12. The maximum absolute atomic E-state index is 10.5. The van der Waals surface area contributed by atoms with E-state index in [0.717, 1.165) is 44.9 Å². The molecule has 0 aromatic rings. The molecular formula is C20H32O5. The lowest BCUT2D eigenvalue weighted by Gasteiger charge is -2.27. The van der Waals surface area contributed by atoms with E-state index in [2.05, 4.69) is 25.2 Å². The van der Waals surface area contributed by atoms with E-state index in [9.17, 15) is 9.90 Å². The van der Waals surface area contributed by atoms with Gasteiger partial charge in [0.25, 0.3) is 0 Å². The quantitative estimate of drug-likeness (QED) is 0.315. The topological polar surface area (TPSA) is 76.0 Å². The Kier molecular flexibility index (Phi) is 8.65. The Hall–Kier alpha value is -1.17. The second kappa shape index (κ2) is 10.7. The van der Waals surface area contributed by atoms with Gasteiger partial charge in [-0.3, -0.25) is 4.79 Å². The van der Waals surface area contributed by atoms with Crippen molar-refractivity contribution in [3.05, 3.63) is 24.3 Å². The van der Waals surface area contributed by atoms with Gasteiger partial charge in [-0.05, 0) is 25.7 Å². The number of carbonyl (C=O) groups is 1. The van der Waals surface area contributed by atoms with Gasteiger partial charge in [0.05, 0.1) is 12.2 Å². The lowest BCUT2D eigenvalue weighted by Crippen LogP contribution is -2.28. The summed E-state index contributed by atoms with van der Waals surface area (Å²) in [5.41, 5.74) is 0. The molecule has 1 saturated carbocycles. The van der Waals surface area contributed by atoms with Crippen molar-refractivity contribution < 1.29 is 24.8 Å². The molecule has 2 N–H and O–H groups in total. The van der Waals surface area contributed by atoms with Crippen LogP contribution in [0.1, 0.15) is 64.7 Å². The van der Waals surface area contributed by atoms with E-state index in [1.165, 1.54) is 0 Å². The van der Waals surface area contributed by atoms with E-state index in [0.29, 0.717) is 12.3 Å². The van der Waals surface area contributed by atoms with Crippen molar-refractivity contribution in [2.24, 2.45) is 11.8 Å². The monoisotopic (exact) mass is 352 g/mol. The van der Waals surface area contributed by atoms with Crippen LogP contribution in [-0.4, -0.2) is 34.5 Å². The molecule has 0 aromatic heterocycles. The molecule has 0 spiro atoms. The van der Waals surface area contributed by atoms with Crippen LogP contribution in [-0.2, 0) is 14.6 Å². The molecule has 142 valence electrons. The Bertz CT molecular complexity index is 459. The molecule has 0 amide bonds. The normalized spacial score (nSPS) is 29.8. The molecule has 5 nitrogen and oxygen atoms in total. The molecule has 1 heterocycles. The Labute approximate surface area is 150 Å². The summed E-state index contributed by atoms with van der Waals surface area (Å²) in [5, 5.41) is 18.7. The number of aliphatic hydroxyl groups excluding tert-OH is 1. The third-order valence-electron chi connectivity index (χ3n) is 5.16. The Morgan fingerprint density at radius 2 is 2.00 bits per heavy atom. The minimum absolute atomic E-state index is 0.0921. The molecule has 2 rings (SSSR count). The summed E-state index contributed by atoms with van der Waals surface area (Å²) in [6.07, 6.45) is 15.8. The largest absolute Gasteiger partial charge is 0.481 e. The first-order valence-corrected chi connectivity index (χ1v) is 9.67. The fourth-order valence-electron chi connectivity index (χ4n) is 3.72. The second-order valence-electron chi connectivity index (χ2n) is 7.19. The highest BCUT2D eigenvalue weighted by molar-refractivity contribution is 5.66. The van der Waals surface area contributed by atoms with Crippen LogP contribution in [0.25, 0.3) is 0 Å². The molecule has 1 saturated heterocycles. The number of carboxylic acid groups (broad SMARTS) is 1. The van der Waals surface area contributed by atoms with Gasteiger partial charge in [-0.2, -0.15) is 0 Å². The molecule has 1 aliphatic heterocycles. The summed E-state index contributed by atoms with van der Waals surface area (Å²) >= 11 is 0. The number of aliphatic carboxylic acids is 1. The van der Waals surface area contributed by atoms with Crippen LogP contribution >= 0.6 is 0 Å². The van der Waals surface area contributed by atoms with Crippen molar-refractivity contribution in [2.45, 2.75) is 83.0 Å². The van der Waals surface area contributed by atoms with Gasteiger partial charge in [0.15, 0.2) is 0 Å². The Morgan fingerprint density at radius 3 is 2.76 bits per heavy atom. The van der Waals surface area contributed by atoms with Crippen molar-refractivity contribution in [3.8, 4) is 0 Å². The summed E-state index contributed by atoms with van der Waals surface area (Å²) in [4.78, 5) is 21.3. The molecule has 2 aliphatic rings. The number of hydrogen-bond acceptors (Lipinski definition) is 4. The zero-order chi connectivity index (χ0) is 18.1. The molecular weight excluding hydrogens is 320 g/mol. The highest BCUT2D eigenvalue weighted by Crippen LogP contribution is 2.44. The molecule has 0 radical (unpaired) electrons. The van der Waals surface area contributed by atoms with Crippen LogP contribution in [0.15, 0.2) is 24.3 Å².